The van der Waals surface area contributed by atoms with Gasteiger partial charge in [0.25, 0.3) is 0 Å². The summed E-state index contributed by atoms with van der Waals surface area (Å²) in [5, 5.41) is 8.67. The Morgan fingerprint density at radius 3 is 1.83 bits per heavy atom. The molecule has 18 heavy (non-hydrogen) atoms. The molecule has 0 fully saturated rings. The summed E-state index contributed by atoms with van der Waals surface area (Å²) >= 11 is 0. The molecule has 0 aromatic carbocycles. The summed E-state index contributed by atoms with van der Waals surface area (Å²) in [6.07, 6.45) is -0.950. The number of hydrogen-bond acceptors (Lipinski definition) is 3. The molecule has 0 aliphatic carbocycles. The monoisotopic (exact) mass is 259 g/mol. The summed E-state index contributed by atoms with van der Waals surface area (Å²) in [6, 6.07) is 0. The van der Waals surface area contributed by atoms with E-state index in [1.807, 2.05) is 27.7 Å². The third-order valence-corrected chi connectivity index (χ3v) is 2.33. The van der Waals surface area contributed by atoms with Crippen molar-refractivity contribution in [2.24, 2.45) is 11.8 Å². The molecule has 1 atom stereocenters. The minimum atomic E-state index is -1.05. The van der Waals surface area contributed by atoms with Crippen LogP contribution in [0.1, 0.15) is 34.6 Å². The van der Waals surface area contributed by atoms with Crippen molar-refractivity contribution in [3.8, 4) is 0 Å². The van der Waals surface area contributed by atoms with E-state index in [0.29, 0.717) is 24.9 Å². The summed E-state index contributed by atoms with van der Waals surface area (Å²) in [5.41, 5.74) is 0. The van der Waals surface area contributed by atoms with Crippen LogP contribution in [0.25, 0.3) is 0 Å². The van der Waals surface area contributed by atoms with Crippen molar-refractivity contribution in [3.05, 3.63) is 0 Å². The minimum absolute atomic E-state index is 0.148. The Morgan fingerprint density at radius 2 is 1.50 bits per heavy atom. The second kappa shape index (κ2) is 8.08. The lowest BCUT2D eigenvalue weighted by atomic mass is 10.1. The first-order valence-corrected chi connectivity index (χ1v) is 6.36. The molecule has 1 N–H and O–H groups in total. The fraction of sp³-hybridized carbons (Fsp3) is 0.846. The molecule has 5 nitrogen and oxygen atoms in total. The summed E-state index contributed by atoms with van der Waals surface area (Å²) in [7, 11) is 0. The number of hydrogen-bond donors (Lipinski definition) is 1. The van der Waals surface area contributed by atoms with Gasteiger partial charge in [-0.15, -0.1) is 0 Å². The Bertz CT molecular complexity index is 266. The van der Waals surface area contributed by atoms with Crippen molar-refractivity contribution in [1.29, 1.82) is 0 Å². The zero-order valence-electron chi connectivity index (χ0n) is 12.0. The molecule has 0 aliphatic heterocycles. The molecule has 0 aromatic rings. The second-order valence-electron chi connectivity index (χ2n) is 5.38. The van der Waals surface area contributed by atoms with Crippen molar-refractivity contribution in [2.75, 3.05) is 19.7 Å². The van der Waals surface area contributed by atoms with Crippen LogP contribution in [0.2, 0.25) is 0 Å². The van der Waals surface area contributed by atoms with Crippen LogP contribution < -0.4 is 0 Å². The van der Waals surface area contributed by atoms with Crippen LogP contribution in [0.5, 0.6) is 0 Å². The number of amides is 1. The van der Waals surface area contributed by atoms with E-state index in [4.69, 9.17) is 9.84 Å². The van der Waals surface area contributed by atoms with Gasteiger partial charge in [0.05, 0.1) is 0 Å². The number of rotatable bonds is 8. The van der Waals surface area contributed by atoms with E-state index >= 15 is 0 Å². The highest BCUT2D eigenvalue weighted by Gasteiger charge is 2.19. The van der Waals surface area contributed by atoms with E-state index in [1.165, 1.54) is 6.92 Å². The lowest BCUT2D eigenvalue weighted by molar-refractivity contribution is -0.153. The van der Waals surface area contributed by atoms with Crippen LogP contribution in [-0.2, 0) is 14.3 Å². The maximum Gasteiger partial charge on any atom is 0.332 e. The number of aliphatic carboxylic acids is 1. The molecule has 0 aliphatic rings. The molecule has 0 unspecified atom stereocenters. The highest BCUT2D eigenvalue weighted by Crippen LogP contribution is 2.05. The smallest absolute Gasteiger partial charge is 0.332 e. The van der Waals surface area contributed by atoms with E-state index in [1.54, 1.807) is 4.90 Å². The first-order valence-electron chi connectivity index (χ1n) is 6.36. The molecule has 5 heteroatoms. The highest BCUT2D eigenvalue weighted by atomic mass is 16.5. The van der Waals surface area contributed by atoms with Gasteiger partial charge in [-0.25, -0.2) is 4.79 Å². The zero-order valence-corrected chi connectivity index (χ0v) is 12.0. The maximum atomic E-state index is 11.9. The fourth-order valence-corrected chi connectivity index (χ4v) is 1.52. The number of carboxylic acid groups (broad SMARTS) is 1. The van der Waals surface area contributed by atoms with Gasteiger partial charge in [-0.2, -0.15) is 0 Å². The van der Waals surface area contributed by atoms with Crippen molar-refractivity contribution in [3.63, 3.8) is 0 Å². The quantitative estimate of drug-likeness (QED) is 0.719. The zero-order chi connectivity index (χ0) is 14.3. The average molecular weight is 259 g/mol. The van der Waals surface area contributed by atoms with Gasteiger partial charge in [-0.3, -0.25) is 4.79 Å². The number of ether oxygens (including phenoxy) is 1. The van der Waals surface area contributed by atoms with Crippen LogP contribution in [0.3, 0.4) is 0 Å². The molecule has 106 valence electrons. The van der Waals surface area contributed by atoms with Crippen LogP contribution in [0.15, 0.2) is 0 Å². The Balaban J connectivity index is 4.32. The summed E-state index contributed by atoms with van der Waals surface area (Å²) in [4.78, 5) is 24.3. The summed E-state index contributed by atoms with van der Waals surface area (Å²) in [5.74, 6) is -0.443. The molecule has 0 aromatic heterocycles. The molecular weight excluding hydrogens is 234 g/mol. The van der Waals surface area contributed by atoms with Crippen molar-refractivity contribution < 1.29 is 19.4 Å². The topological polar surface area (TPSA) is 66.8 Å². The van der Waals surface area contributed by atoms with E-state index in [2.05, 4.69) is 0 Å². The van der Waals surface area contributed by atoms with Gasteiger partial charge in [0.15, 0.2) is 6.10 Å². The fourth-order valence-electron chi connectivity index (χ4n) is 1.52. The molecule has 0 spiro atoms. The first kappa shape index (κ1) is 16.9. The Morgan fingerprint density at radius 1 is 1.06 bits per heavy atom. The molecule has 0 bridgehead atoms. The van der Waals surface area contributed by atoms with Gasteiger partial charge >= 0.3 is 5.97 Å². The normalized spacial score (nSPS) is 12.8. The van der Waals surface area contributed by atoms with E-state index in [9.17, 15) is 9.59 Å². The molecule has 0 saturated heterocycles. The number of carbonyl (C=O) groups excluding carboxylic acids is 1. The number of nitrogens with zero attached hydrogens (tertiary/aromatic N) is 1. The van der Waals surface area contributed by atoms with Gasteiger partial charge in [-0.05, 0) is 18.8 Å². The standard InChI is InChI=1S/C13H25NO4/c1-9(2)6-14(7-10(3)4)12(15)8-18-11(5)13(16)17/h9-11H,6-8H2,1-5H3,(H,16,17)/t11-/m0/s1. The number of carbonyl (C=O) groups is 2. The predicted molar refractivity (Wildman–Crippen MR) is 69.3 cm³/mol. The molecular formula is C13H25NO4. The Labute approximate surface area is 109 Å². The summed E-state index contributed by atoms with van der Waals surface area (Å²) < 4.78 is 5.02. The van der Waals surface area contributed by atoms with Gasteiger partial charge < -0.3 is 14.7 Å². The SMILES string of the molecule is CC(C)CN(CC(C)C)C(=O)CO[C@@H](C)C(=O)O. The average Bonchev–Trinajstić information content (AvgIpc) is 2.22. The minimum Gasteiger partial charge on any atom is -0.479 e. The Hall–Kier alpha value is -1.10. The van der Waals surface area contributed by atoms with Crippen molar-refractivity contribution in [1.82, 2.24) is 4.90 Å². The largest absolute Gasteiger partial charge is 0.479 e. The highest BCUT2D eigenvalue weighted by molar-refractivity contribution is 5.78. The predicted octanol–water partition coefficient (Wildman–Crippen LogP) is 1.62. The molecule has 1 amide bonds. The van der Waals surface area contributed by atoms with Crippen molar-refractivity contribution >= 4 is 11.9 Å². The Kier molecular flexibility index (Phi) is 7.59. The van der Waals surface area contributed by atoms with Crippen LogP contribution >= 0.6 is 0 Å². The molecule has 0 rings (SSSR count). The molecule has 0 radical (unpaired) electrons. The molecule has 0 heterocycles. The first-order chi connectivity index (χ1) is 8.23. The van der Waals surface area contributed by atoms with E-state index in [0.717, 1.165) is 0 Å². The van der Waals surface area contributed by atoms with E-state index in [-0.39, 0.29) is 12.5 Å². The molecule has 0 saturated carbocycles. The van der Waals surface area contributed by atoms with Crippen LogP contribution in [0.4, 0.5) is 0 Å². The second-order valence-corrected chi connectivity index (χ2v) is 5.38. The lowest BCUT2D eigenvalue weighted by Crippen LogP contribution is -2.40. The van der Waals surface area contributed by atoms with Gasteiger partial charge in [-0.1, -0.05) is 27.7 Å². The van der Waals surface area contributed by atoms with Gasteiger partial charge in [0, 0.05) is 13.1 Å². The maximum absolute atomic E-state index is 11.9. The van der Waals surface area contributed by atoms with Gasteiger partial charge in [0.1, 0.15) is 6.61 Å². The van der Waals surface area contributed by atoms with E-state index < -0.39 is 12.1 Å². The van der Waals surface area contributed by atoms with Crippen LogP contribution in [-0.4, -0.2) is 47.7 Å². The van der Waals surface area contributed by atoms with Crippen LogP contribution in [0, 0.1) is 11.8 Å². The summed E-state index contributed by atoms with van der Waals surface area (Å²) in [6.45, 7) is 10.8. The third-order valence-electron chi connectivity index (χ3n) is 2.33. The third kappa shape index (κ3) is 7.27. The number of carboxylic acids is 1. The van der Waals surface area contributed by atoms with Gasteiger partial charge in [0.2, 0.25) is 5.91 Å². The lowest BCUT2D eigenvalue weighted by Gasteiger charge is -2.26. The van der Waals surface area contributed by atoms with Crippen molar-refractivity contribution in [2.45, 2.75) is 40.7 Å².